The number of aliphatic hydroxyl groups excluding tert-OH is 1. The van der Waals surface area contributed by atoms with Gasteiger partial charge in [0.15, 0.2) is 0 Å². The van der Waals surface area contributed by atoms with Crippen LogP contribution in [0.15, 0.2) is 30.3 Å². The Morgan fingerprint density at radius 3 is 2.60 bits per heavy atom. The third-order valence-corrected chi connectivity index (χ3v) is 1.88. The predicted molar refractivity (Wildman–Crippen MR) is 54.2 cm³/mol. The molecule has 0 radical (unpaired) electrons. The monoisotopic (exact) mass is 325 g/mol. The molecule has 0 aromatic heterocycles. The van der Waals surface area contributed by atoms with Crippen molar-refractivity contribution in [1.29, 1.82) is 0 Å². The molecule has 4 heteroatoms. The average Bonchev–Trinajstić information content (AvgIpc) is 2.26. The van der Waals surface area contributed by atoms with E-state index < -0.39 is 0 Å². The molecule has 3 nitrogen and oxygen atoms in total. The Morgan fingerprint density at radius 1 is 1.47 bits per heavy atom. The van der Waals surface area contributed by atoms with Gasteiger partial charge in [-0.1, -0.05) is 25.1 Å². The van der Waals surface area contributed by atoms with Gasteiger partial charge in [0.1, 0.15) is 0 Å². The van der Waals surface area contributed by atoms with Crippen molar-refractivity contribution in [2.24, 2.45) is 5.92 Å². The van der Waals surface area contributed by atoms with Crippen LogP contribution >= 0.6 is 0 Å². The Hall–Kier alpha value is 0.702. The molecule has 0 bridgehead atoms. The van der Waals surface area contributed by atoms with Gasteiger partial charge >= 0.3 is 68.9 Å². The Balaban J connectivity index is 0.00000196. The van der Waals surface area contributed by atoms with Gasteiger partial charge in [-0.15, -0.1) is 5.92 Å². The maximum atomic E-state index is 11.5. The SMILES string of the molecule is C[C@@H]([CH-]O)CNC(=O)c1ccccc1.[Cs+]. The Kier molecular flexibility index (Phi) is 9.22. The number of nitrogens with one attached hydrogen (secondary N) is 1. The molecule has 1 aromatic rings. The largest absolute Gasteiger partial charge is 1.00 e. The molecule has 0 spiro atoms. The summed E-state index contributed by atoms with van der Waals surface area (Å²) >= 11 is 0. The van der Waals surface area contributed by atoms with Crippen LogP contribution in [0, 0.1) is 12.5 Å². The zero-order valence-electron chi connectivity index (χ0n) is 9.10. The average molecular weight is 325 g/mol. The van der Waals surface area contributed by atoms with Gasteiger partial charge in [0.05, 0.1) is 0 Å². The molecule has 15 heavy (non-hydrogen) atoms. The topological polar surface area (TPSA) is 49.3 Å². The predicted octanol–water partition coefficient (Wildman–Crippen LogP) is -1.41. The fraction of sp³-hybridized carbons (Fsp3) is 0.273. The number of hydrogen-bond donors (Lipinski definition) is 2. The number of amides is 1. The van der Waals surface area contributed by atoms with Crippen LogP contribution < -0.4 is 74.2 Å². The minimum atomic E-state index is -0.112. The van der Waals surface area contributed by atoms with Gasteiger partial charge in [0.25, 0.3) is 5.91 Å². The second-order valence-electron chi connectivity index (χ2n) is 3.20. The molecule has 0 unspecified atom stereocenters. The standard InChI is InChI=1S/C11H14NO2.Cs/c1-9(8-13)7-12-11(14)10-5-3-2-4-6-10;/h2-6,8-9,13H,7H2,1H3,(H,12,14);/q-1;+1/t9-;/m1./s1. The smallest absolute Gasteiger partial charge is 0.566 e. The number of hydrogen-bond acceptors (Lipinski definition) is 2. The van der Waals surface area contributed by atoms with Crippen molar-refractivity contribution in [3.05, 3.63) is 42.5 Å². The van der Waals surface area contributed by atoms with E-state index in [4.69, 9.17) is 5.11 Å². The third kappa shape index (κ3) is 6.11. The summed E-state index contributed by atoms with van der Waals surface area (Å²) in [7, 11) is 0. The molecule has 0 aliphatic heterocycles. The molecule has 2 N–H and O–H groups in total. The van der Waals surface area contributed by atoms with Crippen LogP contribution in [0.5, 0.6) is 0 Å². The normalized spacial score (nSPS) is 11.3. The van der Waals surface area contributed by atoms with Crippen LogP contribution in [-0.4, -0.2) is 17.6 Å². The summed E-state index contributed by atoms with van der Waals surface area (Å²) in [6.45, 7) is 3.35. The number of benzene rings is 1. The summed E-state index contributed by atoms with van der Waals surface area (Å²) < 4.78 is 0. The fourth-order valence-corrected chi connectivity index (χ4v) is 0.998. The summed E-state index contributed by atoms with van der Waals surface area (Å²) in [5.41, 5.74) is 0.637. The van der Waals surface area contributed by atoms with Gasteiger partial charge in [0, 0.05) is 5.56 Å². The number of aliphatic hydroxyl groups is 1. The first-order chi connectivity index (χ1) is 6.74. The summed E-state index contributed by atoms with van der Waals surface area (Å²) in [5.74, 6) is -0.137. The van der Waals surface area contributed by atoms with Crippen molar-refractivity contribution in [3.8, 4) is 0 Å². The molecule has 0 saturated heterocycles. The molecule has 0 aliphatic carbocycles. The minimum absolute atomic E-state index is 0. The van der Waals surface area contributed by atoms with Crippen LogP contribution in [0.1, 0.15) is 17.3 Å². The molecule has 0 aliphatic rings. The number of rotatable bonds is 4. The summed E-state index contributed by atoms with van der Waals surface area (Å²) in [4.78, 5) is 11.5. The van der Waals surface area contributed by atoms with Crippen LogP contribution in [0.4, 0.5) is 0 Å². The Morgan fingerprint density at radius 2 is 2.07 bits per heavy atom. The van der Waals surface area contributed by atoms with E-state index in [1.54, 1.807) is 12.1 Å². The maximum absolute atomic E-state index is 11.5. The van der Waals surface area contributed by atoms with Crippen molar-refractivity contribution < 1.29 is 78.8 Å². The molecule has 1 amide bonds. The van der Waals surface area contributed by atoms with Crippen molar-refractivity contribution in [1.82, 2.24) is 5.32 Å². The molecule has 1 rings (SSSR count). The van der Waals surface area contributed by atoms with E-state index in [1.807, 2.05) is 25.1 Å². The first-order valence-corrected chi connectivity index (χ1v) is 4.55. The van der Waals surface area contributed by atoms with Crippen molar-refractivity contribution in [2.75, 3.05) is 6.54 Å². The zero-order valence-corrected chi connectivity index (χ0v) is 15.4. The molecule has 0 heterocycles. The van der Waals surface area contributed by atoms with Crippen LogP contribution in [0.25, 0.3) is 0 Å². The molecule has 1 aromatic carbocycles. The fourth-order valence-electron chi connectivity index (χ4n) is 0.998. The number of carbonyl (C=O) groups is 1. The van der Waals surface area contributed by atoms with Crippen molar-refractivity contribution in [2.45, 2.75) is 6.92 Å². The zero-order chi connectivity index (χ0) is 10.4. The van der Waals surface area contributed by atoms with E-state index in [2.05, 4.69) is 5.32 Å². The Labute approximate surface area is 149 Å². The molecule has 0 fully saturated rings. The maximum Gasteiger partial charge on any atom is 1.00 e. The summed E-state index contributed by atoms with van der Waals surface area (Å²) in [6, 6.07) is 9.00. The minimum Gasteiger partial charge on any atom is -0.566 e. The Bertz CT molecular complexity index is 290. The quantitative estimate of drug-likeness (QED) is 0.669. The van der Waals surface area contributed by atoms with E-state index in [0.717, 1.165) is 6.61 Å². The summed E-state index contributed by atoms with van der Waals surface area (Å²) in [6.07, 6.45) is 0. The van der Waals surface area contributed by atoms with Gasteiger partial charge in [-0.2, -0.15) is 0 Å². The van der Waals surface area contributed by atoms with E-state index in [1.165, 1.54) is 0 Å². The van der Waals surface area contributed by atoms with Gasteiger partial charge in [-0.05, 0) is 18.7 Å². The van der Waals surface area contributed by atoms with Crippen LogP contribution in [0.3, 0.4) is 0 Å². The summed E-state index contributed by atoms with van der Waals surface area (Å²) in [5, 5.41) is 11.4. The van der Waals surface area contributed by atoms with Crippen LogP contribution in [-0.2, 0) is 0 Å². The first kappa shape index (κ1) is 15.7. The van der Waals surface area contributed by atoms with E-state index in [-0.39, 0.29) is 80.7 Å². The second kappa shape index (κ2) is 8.81. The first-order valence-electron chi connectivity index (χ1n) is 4.55. The number of carbonyl (C=O) groups excluding carboxylic acids is 1. The van der Waals surface area contributed by atoms with Crippen molar-refractivity contribution >= 4 is 5.91 Å². The van der Waals surface area contributed by atoms with Gasteiger partial charge in [-0.25, -0.2) is 6.61 Å². The molecular weight excluding hydrogens is 311 g/mol. The molecule has 1 atom stereocenters. The molecule has 0 saturated carbocycles. The van der Waals surface area contributed by atoms with Gasteiger partial charge in [-0.3, -0.25) is 4.79 Å². The molecular formula is C11H14CsNO2. The second-order valence-corrected chi connectivity index (χ2v) is 3.20. The van der Waals surface area contributed by atoms with E-state index >= 15 is 0 Å². The van der Waals surface area contributed by atoms with E-state index in [9.17, 15) is 4.79 Å². The molecule has 76 valence electrons. The van der Waals surface area contributed by atoms with Crippen molar-refractivity contribution in [3.63, 3.8) is 0 Å². The van der Waals surface area contributed by atoms with Crippen LogP contribution in [0.2, 0.25) is 0 Å². The van der Waals surface area contributed by atoms with Gasteiger partial charge < -0.3 is 10.4 Å². The van der Waals surface area contributed by atoms with Gasteiger partial charge in [0.2, 0.25) is 0 Å². The van der Waals surface area contributed by atoms with E-state index in [0.29, 0.717) is 12.1 Å². The third-order valence-electron chi connectivity index (χ3n) is 1.88.